The van der Waals surface area contributed by atoms with E-state index in [2.05, 4.69) is 10.1 Å². The molecule has 1 heterocycles. The van der Waals surface area contributed by atoms with E-state index in [-0.39, 0.29) is 21.5 Å². The summed E-state index contributed by atoms with van der Waals surface area (Å²) in [4.78, 5) is 35.6. The number of rotatable bonds is 3. The third-order valence-electron chi connectivity index (χ3n) is 2.83. The van der Waals surface area contributed by atoms with Crippen LogP contribution in [0.25, 0.3) is 6.08 Å². The Bertz CT molecular complexity index is 679. The molecular weight excluding hydrogens is 335 g/mol. The highest BCUT2D eigenvalue weighted by Crippen LogP contribution is 2.33. The molecule has 0 spiro atoms. The number of aromatic hydroxyl groups is 1. The number of halogens is 2. The number of methoxy groups -OCH3 is 1. The lowest BCUT2D eigenvalue weighted by molar-refractivity contribution is -0.143. The fourth-order valence-corrected chi connectivity index (χ4v) is 2.25. The van der Waals surface area contributed by atoms with E-state index in [1.807, 2.05) is 0 Å². The van der Waals surface area contributed by atoms with E-state index in [9.17, 15) is 19.5 Å². The minimum Gasteiger partial charge on any atom is -0.505 e. The normalized spacial score (nSPS) is 16.1. The van der Waals surface area contributed by atoms with Gasteiger partial charge >= 0.3 is 12.0 Å². The van der Waals surface area contributed by atoms with Crippen LogP contribution in [0.15, 0.2) is 17.8 Å². The smallest absolute Gasteiger partial charge is 0.329 e. The molecule has 1 aliphatic rings. The number of hydrogen-bond acceptors (Lipinski definition) is 5. The van der Waals surface area contributed by atoms with Gasteiger partial charge in [0.1, 0.15) is 12.2 Å². The number of carbonyl (C=O) groups is 3. The third-order valence-corrected chi connectivity index (χ3v) is 3.40. The highest BCUT2D eigenvalue weighted by molar-refractivity contribution is 6.37. The summed E-state index contributed by atoms with van der Waals surface area (Å²) in [5, 5.41) is 11.8. The van der Waals surface area contributed by atoms with E-state index in [0.29, 0.717) is 10.5 Å². The van der Waals surface area contributed by atoms with E-state index in [4.69, 9.17) is 23.2 Å². The quantitative estimate of drug-likeness (QED) is 0.494. The molecule has 0 aliphatic carbocycles. The fourth-order valence-electron chi connectivity index (χ4n) is 1.74. The van der Waals surface area contributed by atoms with Crippen LogP contribution in [0.3, 0.4) is 0 Å². The summed E-state index contributed by atoms with van der Waals surface area (Å²) in [6.45, 7) is -0.490. The van der Waals surface area contributed by atoms with E-state index in [1.165, 1.54) is 18.2 Å². The number of amides is 3. The summed E-state index contributed by atoms with van der Waals surface area (Å²) >= 11 is 11.6. The lowest BCUT2D eigenvalue weighted by atomic mass is 10.2. The second kappa shape index (κ2) is 6.25. The first kappa shape index (κ1) is 16.1. The van der Waals surface area contributed by atoms with E-state index < -0.39 is 24.5 Å². The van der Waals surface area contributed by atoms with Gasteiger partial charge in [0.2, 0.25) is 0 Å². The molecule has 7 nitrogen and oxygen atoms in total. The number of nitrogens with one attached hydrogen (secondary N) is 1. The van der Waals surface area contributed by atoms with Gasteiger partial charge in [0, 0.05) is 0 Å². The molecule has 0 bridgehead atoms. The number of carbonyl (C=O) groups excluding carboxylic acids is 3. The zero-order valence-corrected chi connectivity index (χ0v) is 12.7. The lowest BCUT2D eigenvalue weighted by Crippen LogP contribution is -2.36. The third kappa shape index (κ3) is 3.15. The second-order valence-corrected chi connectivity index (χ2v) is 5.10. The van der Waals surface area contributed by atoms with Crippen molar-refractivity contribution < 1.29 is 24.2 Å². The van der Waals surface area contributed by atoms with Crippen molar-refractivity contribution in [1.29, 1.82) is 0 Å². The van der Waals surface area contributed by atoms with Gasteiger partial charge in [-0.1, -0.05) is 23.2 Å². The Morgan fingerprint density at radius 3 is 2.50 bits per heavy atom. The summed E-state index contributed by atoms with van der Waals surface area (Å²) in [7, 11) is 1.15. The fraction of sp³-hybridized carbons (Fsp3) is 0.154. The summed E-state index contributed by atoms with van der Waals surface area (Å²) in [5.74, 6) is -1.68. The predicted octanol–water partition coefficient (Wildman–Crippen LogP) is 1.76. The molecule has 0 radical (unpaired) electrons. The number of imide groups is 1. The molecule has 0 aromatic heterocycles. The predicted molar refractivity (Wildman–Crippen MR) is 78.4 cm³/mol. The molecule has 116 valence electrons. The SMILES string of the molecule is COC(=O)CN1C(=O)NC(=Cc2cc(Cl)c(O)c(Cl)c2)C1=O. The number of urea groups is 1. The van der Waals surface area contributed by atoms with Crippen LogP contribution in [0.5, 0.6) is 5.75 Å². The van der Waals surface area contributed by atoms with E-state index >= 15 is 0 Å². The monoisotopic (exact) mass is 344 g/mol. The average molecular weight is 345 g/mol. The summed E-state index contributed by atoms with van der Waals surface area (Å²) in [6.07, 6.45) is 1.33. The Balaban J connectivity index is 2.28. The maximum atomic E-state index is 12.1. The Labute approximate surface area is 135 Å². The van der Waals surface area contributed by atoms with Crippen LogP contribution in [0.2, 0.25) is 10.0 Å². The first-order chi connectivity index (χ1) is 10.3. The number of ether oxygens (including phenoxy) is 1. The van der Waals surface area contributed by atoms with Crippen molar-refractivity contribution in [1.82, 2.24) is 10.2 Å². The van der Waals surface area contributed by atoms with Crippen molar-refractivity contribution in [2.45, 2.75) is 0 Å². The van der Waals surface area contributed by atoms with Gasteiger partial charge in [-0.2, -0.15) is 0 Å². The van der Waals surface area contributed by atoms with Crippen LogP contribution < -0.4 is 5.32 Å². The molecule has 1 fully saturated rings. The molecule has 3 amide bonds. The molecule has 1 aliphatic heterocycles. The van der Waals surface area contributed by atoms with Gasteiger partial charge in [-0.3, -0.25) is 9.59 Å². The molecule has 2 N–H and O–H groups in total. The molecule has 0 unspecified atom stereocenters. The Hall–Kier alpha value is -2.25. The lowest BCUT2D eigenvalue weighted by Gasteiger charge is -2.09. The van der Waals surface area contributed by atoms with Crippen LogP contribution in [-0.2, 0) is 14.3 Å². The Morgan fingerprint density at radius 1 is 1.36 bits per heavy atom. The first-order valence-electron chi connectivity index (χ1n) is 5.93. The average Bonchev–Trinajstić information content (AvgIpc) is 2.72. The van der Waals surface area contributed by atoms with E-state index in [1.54, 1.807) is 0 Å². The minimum atomic E-state index is -0.738. The number of esters is 1. The van der Waals surface area contributed by atoms with Crippen molar-refractivity contribution in [2.24, 2.45) is 0 Å². The number of nitrogens with zero attached hydrogens (tertiary/aromatic N) is 1. The summed E-state index contributed by atoms with van der Waals surface area (Å²) < 4.78 is 4.41. The molecule has 1 aromatic rings. The first-order valence-corrected chi connectivity index (χ1v) is 6.68. The van der Waals surface area contributed by atoms with Gasteiger partial charge in [-0.15, -0.1) is 0 Å². The van der Waals surface area contributed by atoms with Crippen LogP contribution in [0.1, 0.15) is 5.56 Å². The maximum Gasteiger partial charge on any atom is 0.329 e. The second-order valence-electron chi connectivity index (χ2n) is 4.29. The summed E-state index contributed by atoms with van der Waals surface area (Å²) in [5.41, 5.74) is 0.350. The number of benzene rings is 1. The van der Waals surface area contributed by atoms with Gasteiger partial charge in [-0.05, 0) is 23.8 Å². The van der Waals surface area contributed by atoms with Gasteiger partial charge in [0.25, 0.3) is 5.91 Å². The zero-order chi connectivity index (χ0) is 16.4. The topological polar surface area (TPSA) is 95.9 Å². The molecule has 1 aromatic carbocycles. The number of phenolic OH excluding ortho intramolecular Hbond substituents is 1. The van der Waals surface area contributed by atoms with Crippen LogP contribution in [-0.4, -0.2) is 41.6 Å². The molecule has 2 rings (SSSR count). The van der Waals surface area contributed by atoms with Crippen molar-refractivity contribution in [3.63, 3.8) is 0 Å². The van der Waals surface area contributed by atoms with Crippen LogP contribution >= 0.6 is 23.2 Å². The van der Waals surface area contributed by atoms with Crippen molar-refractivity contribution >= 4 is 47.2 Å². The Kier molecular flexibility index (Phi) is 4.58. The minimum absolute atomic E-state index is 0.00235. The van der Waals surface area contributed by atoms with Crippen molar-refractivity contribution in [2.75, 3.05) is 13.7 Å². The van der Waals surface area contributed by atoms with Gasteiger partial charge in [0.05, 0.1) is 17.2 Å². The van der Waals surface area contributed by atoms with Crippen molar-refractivity contribution in [3.05, 3.63) is 33.4 Å². The molecule has 0 atom stereocenters. The standard InChI is InChI=1S/C13H10Cl2N2O5/c1-22-10(18)5-17-12(20)9(16-13(17)21)4-6-2-7(14)11(19)8(15)3-6/h2-4,19H,5H2,1H3,(H,16,21). The molecular formula is C13H10Cl2N2O5. The zero-order valence-electron chi connectivity index (χ0n) is 11.2. The van der Waals surface area contributed by atoms with Gasteiger partial charge in [-0.25, -0.2) is 9.69 Å². The highest BCUT2D eigenvalue weighted by Gasteiger charge is 2.35. The highest BCUT2D eigenvalue weighted by atomic mass is 35.5. The Morgan fingerprint density at radius 2 is 1.95 bits per heavy atom. The molecule has 22 heavy (non-hydrogen) atoms. The van der Waals surface area contributed by atoms with Crippen LogP contribution in [0.4, 0.5) is 4.79 Å². The maximum absolute atomic E-state index is 12.1. The summed E-state index contributed by atoms with van der Waals surface area (Å²) in [6, 6.07) is 2.01. The number of hydrogen-bond donors (Lipinski definition) is 2. The largest absolute Gasteiger partial charge is 0.505 e. The molecule has 9 heteroatoms. The number of phenols is 1. The molecule has 1 saturated heterocycles. The van der Waals surface area contributed by atoms with Crippen LogP contribution in [0, 0.1) is 0 Å². The van der Waals surface area contributed by atoms with E-state index in [0.717, 1.165) is 7.11 Å². The van der Waals surface area contributed by atoms with Gasteiger partial charge < -0.3 is 15.2 Å². The molecule has 0 saturated carbocycles. The van der Waals surface area contributed by atoms with Gasteiger partial charge in [0.15, 0.2) is 5.75 Å². The van der Waals surface area contributed by atoms with Crippen molar-refractivity contribution in [3.8, 4) is 5.75 Å².